The van der Waals surface area contributed by atoms with Gasteiger partial charge in [-0.2, -0.15) is 0 Å². The van der Waals surface area contributed by atoms with Crippen LogP contribution >= 0.6 is 11.6 Å². The van der Waals surface area contributed by atoms with Gasteiger partial charge in [-0.1, -0.05) is 23.7 Å². The predicted molar refractivity (Wildman–Crippen MR) is 112 cm³/mol. The molecule has 0 saturated heterocycles. The highest BCUT2D eigenvalue weighted by Gasteiger charge is 2.12. The first kappa shape index (κ1) is 19.7. The van der Waals surface area contributed by atoms with E-state index in [1.807, 2.05) is 0 Å². The maximum Gasteiger partial charge on any atom is 0.335 e. The summed E-state index contributed by atoms with van der Waals surface area (Å²) in [5, 5.41) is 9.75. The van der Waals surface area contributed by atoms with Gasteiger partial charge in [0.25, 0.3) is 5.56 Å². The molecule has 0 radical (unpaired) electrons. The fraction of sp³-hybridized carbons (Fsp3) is 0.143. The highest BCUT2D eigenvalue weighted by molar-refractivity contribution is 6.31. The molecular formula is C21H17ClN4O4. The van der Waals surface area contributed by atoms with Crippen molar-refractivity contribution < 1.29 is 14.6 Å². The molecule has 8 nitrogen and oxygen atoms in total. The molecule has 0 unspecified atom stereocenters. The van der Waals surface area contributed by atoms with E-state index >= 15 is 0 Å². The van der Waals surface area contributed by atoms with E-state index in [2.05, 4.69) is 9.97 Å². The van der Waals surface area contributed by atoms with Gasteiger partial charge in [0.05, 0.1) is 18.4 Å². The molecule has 0 fully saturated rings. The lowest BCUT2D eigenvalue weighted by Gasteiger charge is -2.13. The maximum absolute atomic E-state index is 12.5. The summed E-state index contributed by atoms with van der Waals surface area (Å²) in [4.78, 5) is 32.2. The van der Waals surface area contributed by atoms with E-state index < -0.39 is 5.97 Å². The Morgan fingerprint density at radius 2 is 2.00 bits per heavy atom. The van der Waals surface area contributed by atoms with Crippen LogP contribution in [0, 0.1) is 0 Å². The molecule has 0 saturated carbocycles. The minimum Gasteiger partial charge on any atom is -0.491 e. The van der Waals surface area contributed by atoms with Crippen molar-refractivity contribution in [1.82, 2.24) is 19.1 Å². The molecule has 0 aliphatic rings. The van der Waals surface area contributed by atoms with Crippen molar-refractivity contribution in [3.05, 3.63) is 76.1 Å². The number of carboxylic acid groups (broad SMARTS) is 1. The van der Waals surface area contributed by atoms with Crippen molar-refractivity contribution in [2.75, 3.05) is 6.61 Å². The van der Waals surface area contributed by atoms with Gasteiger partial charge in [0.15, 0.2) is 11.2 Å². The molecule has 0 spiro atoms. The summed E-state index contributed by atoms with van der Waals surface area (Å²) in [7, 11) is 1.77. The molecule has 2 heterocycles. The molecule has 30 heavy (non-hydrogen) atoms. The Hall–Kier alpha value is -3.65. The number of hydrogen-bond acceptors (Lipinski definition) is 5. The Balaban J connectivity index is 1.57. The van der Waals surface area contributed by atoms with E-state index in [9.17, 15) is 14.7 Å². The van der Waals surface area contributed by atoms with E-state index in [0.29, 0.717) is 33.1 Å². The average Bonchev–Trinajstić information content (AvgIpc) is 3.12. The van der Waals surface area contributed by atoms with Crippen LogP contribution in [0.25, 0.3) is 22.3 Å². The molecule has 0 aliphatic heterocycles. The van der Waals surface area contributed by atoms with Gasteiger partial charge in [-0.05, 0) is 35.9 Å². The number of ether oxygens (including phenoxy) is 1. The molecule has 0 atom stereocenters. The standard InChI is InChI=1S/C21H17ClN4O4/c1-25-11-23-18-19(25)24-12-26(20(18)27)7-8-30-17-6-5-15(22)10-16(17)13-3-2-4-14(9-13)21(28)29/h2-6,9-12H,7-8H2,1H3,(H,28,29). The number of fused-ring (bicyclic) bond motifs is 1. The number of carboxylic acids is 1. The zero-order valence-electron chi connectivity index (χ0n) is 15.9. The van der Waals surface area contributed by atoms with Gasteiger partial charge in [-0.15, -0.1) is 0 Å². The highest BCUT2D eigenvalue weighted by Crippen LogP contribution is 2.33. The Morgan fingerprint density at radius 1 is 1.17 bits per heavy atom. The number of aryl methyl sites for hydroxylation is 1. The number of hydrogen-bond donors (Lipinski definition) is 1. The molecule has 0 bridgehead atoms. The molecule has 4 aromatic rings. The van der Waals surface area contributed by atoms with E-state index in [4.69, 9.17) is 16.3 Å². The number of aromatic carboxylic acids is 1. The third-order valence-electron chi connectivity index (χ3n) is 4.64. The summed E-state index contributed by atoms with van der Waals surface area (Å²) in [6, 6.07) is 11.6. The largest absolute Gasteiger partial charge is 0.491 e. The van der Waals surface area contributed by atoms with Gasteiger partial charge >= 0.3 is 5.97 Å². The Morgan fingerprint density at radius 3 is 2.80 bits per heavy atom. The Labute approximate surface area is 176 Å². The quantitative estimate of drug-likeness (QED) is 0.510. The first-order valence-electron chi connectivity index (χ1n) is 9.06. The van der Waals surface area contributed by atoms with Crippen molar-refractivity contribution in [2.45, 2.75) is 6.54 Å². The van der Waals surface area contributed by atoms with Gasteiger partial charge < -0.3 is 14.4 Å². The van der Waals surface area contributed by atoms with E-state index in [1.165, 1.54) is 17.0 Å². The van der Waals surface area contributed by atoms with Crippen molar-refractivity contribution >= 4 is 28.7 Å². The van der Waals surface area contributed by atoms with Crippen LogP contribution in [0.4, 0.5) is 0 Å². The summed E-state index contributed by atoms with van der Waals surface area (Å²) >= 11 is 6.14. The fourth-order valence-corrected chi connectivity index (χ4v) is 3.30. The van der Waals surface area contributed by atoms with Crippen LogP contribution in [0.5, 0.6) is 5.75 Å². The predicted octanol–water partition coefficient (Wildman–Crippen LogP) is 3.23. The molecule has 0 aliphatic carbocycles. The summed E-state index contributed by atoms with van der Waals surface area (Å²) < 4.78 is 9.03. The summed E-state index contributed by atoms with van der Waals surface area (Å²) in [6.07, 6.45) is 3.01. The first-order valence-corrected chi connectivity index (χ1v) is 9.44. The zero-order chi connectivity index (χ0) is 21.3. The average molecular weight is 425 g/mol. The second-order valence-corrected chi connectivity index (χ2v) is 7.08. The second kappa shape index (κ2) is 8.00. The van der Waals surface area contributed by atoms with Gasteiger partial charge in [0.1, 0.15) is 18.7 Å². The second-order valence-electron chi connectivity index (χ2n) is 6.65. The summed E-state index contributed by atoms with van der Waals surface area (Å²) in [5.74, 6) is -0.486. The monoisotopic (exact) mass is 424 g/mol. The number of halogens is 1. The SMILES string of the molecule is Cn1cnc2c(=O)n(CCOc3ccc(Cl)cc3-c3cccc(C(=O)O)c3)cnc21. The van der Waals surface area contributed by atoms with Crippen molar-refractivity contribution in [1.29, 1.82) is 0 Å². The molecule has 4 rings (SSSR count). The zero-order valence-corrected chi connectivity index (χ0v) is 16.7. The maximum atomic E-state index is 12.5. The van der Waals surface area contributed by atoms with Gasteiger partial charge in [-0.3, -0.25) is 9.36 Å². The Bertz CT molecular complexity index is 1310. The molecule has 2 aromatic heterocycles. The van der Waals surface area contributed by atoms with E-state index in [0.717, 1.165) is 0 Å². The van der Waals surface area contributed by atoms with Crippen LogP contribution in [0.2, 0.25) is 5.02 Å². The van der Waals surface area contributed by atoms with E-state index in [1.54, 1.807) is 54.3 Å². The summed E-state index contributed by atoms with van der Waals surface area (Å²) in [6.45, 7) is 0.475. The smallest absolute Gasteiger partial charge is 0.335 e. The van der Waals surface area contributed by atoms with Gasteiger partial charge in [-0.25, -0.2) is 14.8 Å². The molecule has 152 valence electrons. The van der Waals surface area contributed by atoms with Crippen molar-refractivity contribution in [2.24, 2.45) is 7.05 Å². The van der Waals surface area contributed by atoms with Gasteiger partial charge in [0.2, 0.25) is 0 Å². The number of benzene rings is 2. The molecule has 1 N–H and O–H groups in total. The third kappa shape index (κ3) is 3.77. The molecule has 0 amide bonds. The lowest BCUT2D eigenvalue weighted by atomic mass is 10.0. The molecule has 9 heteroatoms. The van der Waals surface area contributed by atoms with Crippen LogP contribution in [-0.4, -0.2) is 36.8 Å². The number of rotatable bonds is 6. The normalized spacial score (nSPS) is 11.0. The van der Waals surface area contributed by atoms with Crippen LogP contribution in [0.3, 0.4) is 0 Å². The number of carbonyl (C=O) groups is 1. The minimum absolute atomic E-state index is 0.166. The van der Waals surface area contributed by atoms with Crippen LogP contribution in [0.15, 0.2) is 59.9 Å². The van der Waals surface area contributed by atoms with Crippen LogP contribution in [0.1, 0.15) is 10.4 Å². The minimum atomic E-state index is -1.02. The highest BCUT2D eigenvalue weighted by atomic mass is 35.5. The van der Waals surface area contributed by atoms with Crippen LogP contribution < -0.4 is 10.3 Å². The topological polar surface area (TPSA) is 99.2 Å². The number of nitrogens with zero attached hydrogens (tertiary/aromatic N) is 4. The summed E-state index contributed by atoms with van der Waals surface area (Å²) in [5.41, 5.74) is 2.08. The lowest BCUT2D eigenvalue weighted by molar-refractivity contribution is 0.0697. The molecule has 2 aromatic carbocycles. The number of aromatic nitrogens is 4. The van der Waals surface area contributed by atoms with Crippen LogP contribution in [-0.2, 0) is 13.6 Å². The first-order chi connectivity index (χ1) is 14.4. The Kier molecular flexibility index (Phi) is 5.24. The van der Waals surface area contributed by atoms with Crippen molar-refractivity contribution in [3.8, 4) is 16.9 Å². The third-order valence-corrected chi connectivity index (χ3v) is 4.88. The molecular weight excluding hydrogens is 408 g/mol. The van der Waals surface area contributed by atoms with Gasteiger partial charge in [0, 0.05) is 17.6 Å². The fourth-order valence-electron chi connectivity index (χ4n) is 3.13. The lowest BCUT2D eigenvalue weighted by Crippen LogP contribution is -2.24. The number of imidazole rings is 1. The van der Waals surface area contributed by atoms with E-state index in [-0.39, 0.29) is 24.3 Å². The van der Waals surface area contributed by atoms with Crippen molar-refractivity contribution in [3.63, 3.8) is 0 Å².